The molecule has 4 heteroatoms. The number of aromatic nitrogens is 2. The first-order valence-corrected chi connectivity index (χ1v) is 5.79. The molecule has 1 aromatic heterocycles. The number of hydrogen-bond acceptors (Lipinski definition) is 2. The minimum absolute atomic E-state index is 0.452. The molecular weight excluding hydrogens is 246 g/mol. The molecule has 0 unspecified atom stereocenters. The molecule has 0 saturated carbocycles. The minimum atomic E-state index is 0.452. The molecule has 0 amide bonds. The zero-order valence-electron chi connectivity index (χ0n) is 9.34. The Morgan fingerprint density at radius 3 is 2.78 bits per heavy atom. The molecule has 0 fully saturated rings. The van der Waals surface area contributed by atoms with Crippen LogP contribution in [0.15, 0.2) is 48.8 Å². The lowest BCUT2D eigenvalue weighted by molar-refractivity contribution is 1.09. The lowest BCUT2D eigenvalue weighted by Crippen LogP contribution is -1.92. The van der Waals surface area contributed by atoms with Crippen molar-refractivity contribution in [2.24, 2.45) is 0 Å². The Balaban J connectivity index is 2.21. The molecule has 3 rings (SSSR count). The average Bonchev–Trinajstić information content (AvgIpc) is 2.82. The molecule has 0 spiro atoms. The van der Waals surface area contributed by atoms with Crippen LogP contribution in [0.4, 0.5) is 0 Å². The molecular formula is C14H8ClN3. The second-order valence-corrected chi connectivity index (χ2v) is 4.29. The molecule has 86 valence electrons. The van der Waals surface area contributed by atoms with Gasteiger partial charge in [-0.25, -0.2) is 4.98 Å². The molecule has 0 aliphatic rings. The zero-order valence-corrected chi connectivity index (χ0v) is 10.1. The molecule has 3 nitrogen and oxygen atoms in total. The van der Waals surface area contributed by atoms with Crippen LogP contribution in [0, 0.1) is 11.3 Å². The van der Waals surface area contributed by atoms with Crippen LogP contribution in [0.25, 0.3) is 16.7 Å². The Bertz CT molecular complexity index is 768. The number of hydrogen-bond donors (Lipinski definition) is 0. The maximum atomic E-state index is 8.86. The minimum Gasteiger partial charge on any atom is -0.299 e. The van der Waals surface area contributed by atoms with Gasteiger partial charge in [0.15, 0.2) is 0 Å². The lowest BCUT2D eigenvalue weighted by atomic mass is 10.2. The number of benzene rings is 2. The second kappa shape index (κ2) is 4.17. The first-order chi connectivity index (χ1) is 8.79. The van der Waals surface area contributed by atoms with Gasteiger partial charge < -0.3 is 0 Å². The number of para-hydroxylation sites is 2. The van der Waals surface area contributed by atoms with Gasteiger partial charge in [0.2, 0.25) is 0 Å². The quantitative estimate of drug-likeness (QED) is 0.665. The van der Waals surface area contributed by atoms with Gasteiger partial charge >= 0.3 is 0 Å². The predicted molar refractivity (Wildman–Crippen MR) is 70.8 cm³/mol. The van der Waals surface area contributed by atoms with Gasteiger partial charge in [-0.2, -0.15) is 5.26 Å². The molecule has 0 radical (unpaired) electrons. The zero-order chi connectivity index (χ0) is 12.5. The Morgan fingerprint density at radius 2 is 2.00 bits per heavy atom. The van der Waals surface area contributed by atoms with E-state index in [0.717, 1.165) is 16.7 Å². The van der Waals surface area contributed by atoms with Crippen LogP contribution in [0.5, 0.6) is 0 Å². The van der Waals surface area contributed by atoms with Crippen LogP contribution in [0.2, 0.25) is 5.02 Å². The summed E-state index contributed by atoms with van der Waals surface area (Å²) in [6.45, 7) is 0. The highest BCUT2D eigenvalue weighted by atomic mass is 35.5. The van der Waals surface area contributed by atoms with E-state index in [0.29, 0.717) is 10.6 Å². The van der Waals surface area contributed by atoms with Crippen molar-refractivity contribution in [1.82, 2.24) is 9.55 Å². The third-order valence-electron chi connectivity index (χ3n) is 2.80. The van der Waals surface area contributed by atoms with E-state index in [1.54, 1.807) is 18.5 Å². The van der Waals surface area contributed by atoms with E-state index >= 15 is 0 Å². The molecule has 0 atom stereocenters. The topological polar surface area (TPSA) is 41.6 Å². The van der Waals surface area contributed by atoms with Gasteiger partial charge in [-0.3, -0.25) is 4.57 Å². The first kappa shape index (κ1) is 10.8. The molecule has 0 aliphatic carbocycles. The van der Waals surface area contributed by atoms with Crippen LogP contribution in [0.3, 0.4) is 0 Å². The average molecular weight is 254 g/mol. The number of halogens is 1. The van der Waals surface area contributed by atoms with Crippen LogP contribution in [-0.4, -0.2) is 9.55 Å². The standard InChI is InChI=1S/C14H8ClN3/c15-12-7-11(6-5-10(12)8-16)18-9-17-13-3-1-2-4-14(13)18/h1-7,9H. The van der Waals surface area contributed by atoms with E-state index in [1.807, 2.05) is 41.0 Å². The smallest absolute Gasteiger partial charge is 0.101 e. The fourth-order valence-electron chi connectivity index (χ4n) is 1.91. The maximum Gasteiger partial charge on any atom is 0.101 e. The van der Waals surface area contributed by atoms with Crippen LogP contribution >= 0.6 is 11.6 Å². The summed E-state index contributed by atoms with van der Waals surface area (Å²) in [5, 5.41) is 9.31. The van der Waals surface area contributed by atoms with Crippen molar-refractivity contribution < 1.29 is 0 Å². The van der Waals surface area contributed by atoms with E-state index in [4.69, 9.17) is 16.9 Å². The SMILES string of the molecule is N#Cc1ccc(-n2cnc3ccccc32)cc1Cl. The van der Waals surface area contributed by atoms with Gasteiger partial charge in [0.1, 0.15) is 12.4 Å². The number of imidazole rings is 1. The molecule has 0 aliphatic heterocycles. The normalized spacial score (nSPS) is 10.4. The fraction of sp³-hybridized carbons (Fsp3) is 0. The van der Waals surface area contributed by atoms with Crippen molar-refractivity contribution in [2.45, 2.75) is 0 Å². The third kappa shape index (κ3) is 1.64. The summed E-state index contributed by atoms with van der Waals surface area (Å²) in [5.41, 5.74) is 3.31. The van der Waals surface area contributed by atoms with E-state index in [1.165, 1.54) is 0 Å². The first-order valence-electron chi connectivity index (χ1n) is 5.42. The summed E-state index contributed by atoms with van der Waals surface area (Å²) in [6.07, 6.45) is 1.75. The summed E-state index contributed by atoms with van der Waals surface area (Å²) >= 11 is 6.04. The summed E-state index contributed by atoms with van der Waals surface area (Å²) in [5.74, 6) is 0. The molecule has 0 bridgehead atoms. The Labute approximate surface area is 109 Å². The molecule has 1 heterocycles. The summed E-state index contributed by atoms with van der Waals surface area (Å²) in [4.78, 5) is 4.32. The Morgan fingerprint density at radius 1 is 1.17 bits per heavy atom. The molecule has 18 heavy (non-hydrogen) atoms. The van der Waals surface area contributed by atoms with Crippen molar-refractivity contribution in [3.63, 3.8) is 0 Å². The monoisotopic (exact) mass is 253 g/mol. The van der Waals surface area contributed by atoms with Gasteiger partial charge in [-0.15, -0.1) is 0 Å². The van der Waals surface area contributed by atoms with Crippen LogP contribution in [-0.2, 0) is 0 Å². The van der Waals surface area contributed by atoms with E-state index in [-0.39, 0.29) is 0 Å². The highest BCUT2D eigenvalue weighted by Crippen LogP contribution is 2.22. The largest absolute Gasteiger partial charge is 0.299 e. The maximum absolute atomic E-state index is 8.86. The summed E-state index contributed by atoms with van der Waals surface area (Å²) < 4.78 is 1.95. The highest BCUT2D eigenvalue weighted by Gasteiger charge is 2.06. The fourth-order valence-corrected chi connectivity index (χ4v) is 2.13. The van der Waals surface area contributed by atoms with Gasteiger partial charge in [-0.05, 0) is 30.3 Å². The number of nitrogens with zero attached hydrogens (tertiary/aromatic N) is 3. The van der Waals surface area contributed by atoms with E-state index in [9.17, 15) is 0 Å². The second-order valence-electron chi connectivity index (χ2n) is 3.88. The molecule has 0 saturated heterocycles. The Kier molecular flexibility index (Phi) is 2.51. The molecule has 3 aromatic rings. The van der Waals surface area contributed by atoms with Crippen molar-refractivity contribution in [3.8, 4) is 11.8 Å². The number of fused-ring (bicyclic) bond motifs is 1. The predicted octanol–water partition coefficient (Wildman–Crippen LogP) is 3.55. The third-order valence-corrected chi connectivity index (χ3v) is 3.12. The van der Waals surface area contributed by atoms with Crippen LogP contribution < -0.4 is 0 Å². The lowest BCUT2D eigenvalue weighted by Gasteiger charge is -2.05. The Hall–Kier alpha value is -2.31. The highest BCUT2D eigenvalue weighted by molar-refractivity contribution is 6.31. The van der Waals surface area contributed by atoms with Crippen LogP contribution in [0.1, 0.15) is 5.56 Å². The van der Waals surface area contributed by atoms with Crippen molar-refractivity contribution in [3.05, 3.63) is 59.4 Å². The number of nitriles is 1. The number of rotatable bonds is 1. The van der Waals surface area contributed by atoms with Gasteiger partial charge in [-0.1, -0.05) is 23.7 Å². The van der Waals surface area contributed by atoms with E-state index in [2.05, 4.69) is 4.98 Å². The van der Waals surface area contributed by atoms with Gasteiger partial charge in [0.05, 0.1) is 21.6 Å². The summed E-state index contributed by atoms with van der Waals surface area (Å²) in [6, 6.07) is 15.3. The van der Waals surface area contributed by atoms with E-state index < -0.39 is 0 Å². The van der Waals surface area contributed by atoms with Crippen molar-refractivity contribution in [2.75, 3.05) is 0 Å². The summed E-state index contributed by atoms with van der Waals surface area (Å²) in [7, 11) is 0. The van der Waals surface area contributed by atoms with Crippen molar-refractivity contribution in [1.29, 1.82) is 5.26 Å². The molecule has 2 aromatic carbocycles. The molecule has 0 N–H and O–H groups in total. The van der Waals surface area contributed by atoms with Gasteiger partial charge in [0, 0.05) is 5.69 Å². The van der Waals surface area contributed by atoms with Gasteiger partial charge in [0.25, 0.3) is 0 Å². The van der Waals surface area contributed by atoms with Crippen molar-refractivity contribution >= 4 is 22.6 Å².